The third-order valence-electron chi connectivity index (χ3n) is 8.18. The molecule has 0 saturated heterocycles. The van der Waals surface area contributed by atoms with Crippen LogP contribution in [-0.2, 0) is 9.59 Å². The second-order valence-electron chi connectivity index (χ2n) is 10.9. The first-order chi connectivity index (χ1) is 19.2. The van der Waals surface area contributed by atoms with E-state index in [4.69, 9.17) is 14.9 Å². The Morgan fingerprint density at radius 2 is 1.48 bits per heavy atom. The minimum atomic E-state index is -0.753. The zero-order valence-electron chi connectivity index (χ0n) is 22.9. The number of ether oxygens (including phenoxy) is 1. The molecule has 2 aliphatic rings. The van der Waals surface area contributed by atoms with Gasteiger partial charge in [0.2, 0.25) is 0 Å². The Hall–Kier alpha value is -3.88. The van der Waals surface area contributed by atoms with E-state index >= 15 is 0 Å². The lowest BCUT2D eigenvalue weighted by molar-refractivity contribution is -0.143. The van der Waals surface area contributed by atoms with Gasteiger partial charge in [0.25, 0.3) is 5.91 Å². The molecule has 0 spiro atoms. The molecule has 0 heterocycles. The quantitative estimate of drug-likeness (QED) is 0.341. The lowest BCUT2D eigenvalue weighted by Crippen LogP contribution is -2.39. The van der Waals surface area contributed by atoms with Crippen molar-refractivity contribution in [2.75, 3.05) is 11.9 Å². The van der Waals surface area contributed by atoms with Crippen LogP contribution >= 0.6 is 0 Å². The Kier molecular flexibility index (Phi) is 9.79. The molecule has 3 N–H and O–H groups in total. The van der Waals surface area contributed by atoms with Crippen molar-refractivity contribution in [3.8, 4) is 5.75 Å². The highest BCUT2D eigenvalue weighted by atomic mass is 16.5. The standard InChI is InChI=1S/C31H38N2O7/c1-2-33(29(36)23-9-15-26(16-10-23)40-27-17-11-24(12-18-27)30(37)38)31(39)32-25-13-7-22(8-14-25)21-5-3-20(4-6-21)19-28(34)35/h7-10,13-16,20-21,24,27H,2-6,11-12,17-19H2,1H3,(H,32,39)(H,34,35)(H,37,38). The third kappa shape index (κ3) is 7.61. The summed E-state index contributed by atoms with van der Waals surface area (Å²) in [5, 5.41) is 21.0. The van der Waals surface area contributed by atoms with Gasteiger partial charge in [-0.05, 0) is 112 Å². The van der Waals surface area contributed by atoms with E-state index in [0.717, 1.165) is 30.6 Å². The maximum atomic E-state index is 13.1. The fourth-order valence-corrected chi connectivity index (χ4v) is 5.81. The van der Waals surface area contributed by atoms with Crippen molar-refractivity contribution in [3.63, 3.8) is 0 Å². The molecule has 0 radical (unpaired) electrons. The molecular formula is C31H38N2O7. The average molecular weight is 551 g/mol. The first kappa shape index (κ1) is 29.1. The van der Waals surface area contributed by atoms with Gasteiger partial charge in [0.05, 0.1) is 12.0 Å². The Labute approximate surface area is 234 Å². The Morgan fingerprint density at radius 3 is 2.02 bits per heavy atom. The van der Waals surface area contributed by atoms with Gasteiger partial charge in [-0.3, -0.25) is 19.3 Å². The maximum Gasteiger partial charge on any atom is 0.328 e. The topological polar surface area (TPSA) is 133 Å². The van der Waals surface area contributed by atoms with Gasteiger partial charge < -0.3 is 20.3 Å². The van der Waals surface area contributed by atoms with E-state index in [9.17, 15) is 19.2 Å². The molecule has 9 heteroatoms. The molecule has 40 heavy (non-hydrogen) atoms. The molecule has 0 unspecified atom stereocenters. The van der Waals surface area contributed by atoms with Crippen LogP contribution in [0.5, 0.6) is 5.75 Å². The monoisotopic (exact) mass is 550 g/mol. The van der Waals surface area contributed by atoms with E-state index in [-0.39, 0.29) is 30.9 Å². The van der Waals surface area contributed by atoms with Crippen LogP contribution in [0.1, 0.15) is 86.6 Å². The second-order valence-corrected chi connectivity index (χ2v) is 10.9. The van der Waals surface area contributed by atoms with E-state index in [0.29, 0.717) is 48.6 Å². The van der Waals surface area contributed by atoms with Crippen LogP contribution in [-0.4, -0.2) is 51.6 Å². The van der Waals surface area contributed by atoms with E-state index in [1.807, 2.05) is 24.3 Å². The molecule has 9 nitrogen and oxygen atoms in total. The number of hydrogen-bond acceptors (Lipinski definition) is 5. The summed E-state index contributed by atoms with van der Waals surface area (Å²) in [5.74, 6) is -0.963. The van der Waals surface area contributed by atoms with Gasteiger partial charge in [0, 0.05) is 24.2 Å². The van der Waals surface area contributed by atoms with Crippen LogP contribution in [0.2, 0.25) is 0 Å². The first-order valence-corrected chi connectivity index (χ1v) is 14.2. The number of carboxylic acids is 2. The highest BCUT2D eigenvalue weighted by molar-refractivity contribution is 6.08. The zero-order valence-corrected chi connectivity index (χ0v) is 22.9. The number of nitrogens with zero attached hydrogens (tertiary/aromatic N) is 1. The smallest absolute Gasteiger partial charge is 0.328 e. The largest absolute Gasteiger partial charge is 0.490 e. The van der Waals surface area contributed by atoms with Gasteiger partial charge >= 0.3 is 18.0 Å². The summed E-state index contributed by atoms with van der Waals surface area (Å²) in [7, 11) is 0. The number of nitrogens with one attached hydrogen (secondary N) is 1. The average Bonchev–Trinajstić information content (AvgIpc) is 2.94. The lowest BCUT2D eigenvalue weighted by Gasteiger charge is -2.28. The van der Waals surface area contributed by atoms with E-state index in [1.54, 1.807) is 31.2 Å². The molecule has 0 aromatic heterocycles. The molecular weight excluding hydrogens is 512 g/mol. The van der Waals surface area contributed by atoms with Crippen LogP contribution in [0.4, 0.5) is 10.5 Å². The molecule has 3 amide bonds. The Bertz CT molecular complexity index is 1180. The van der Waals surface area contributed by atoms with Crippen LogP contribution in [0.3, 0.4) is 0 Å². The summed E-state index contributed by atoms with van der Waals surface area (Å²) in [5.41, 5.74) is 2.14. The van der Waals surface area contributed by atoms with E-state index in [2.05, 4.69) is 5.32 Å². The van der Waals surface area contributed by atoms with Crippen molar-refractivity contribution < 1.29 is 34.1 Å². The zero-order chi connectivity index (χ0) is 28.6. The number of imide groups is 1. The first-order valence-electron chi connectivity index (χ1n) is 14.2. The van der Waals surface area contributed by atoms with E-state index < -0.39 is 23.9 Å². The molecule has 2 aromatic rings. The fourth-order valence-electron chi connectivity index (χ4n) is 5.81. The molecule has 214 valence electrons. The summed E-state index contributed by atoms with van der Waals surface area (Å²) in [6, 6.07) is 13.8. The van der Waals surface area contributed by atoms with Crippen molar-refractivity contribution >= 4 is 29.6 Å². The number of benzene rings is 2. The minimum Gasteiger partial charge on any atom is -0.490 e. The Morgan fingerprint density at radius 1 is 0.850 bits per heavy atom. The van der Waals surface area contributed by atoms with Gasteiger partial charge in [-0.2, -0.15) is 0 Å². The van der Waals surface area contributed by atoms with Crippen molar-refractivity contribution in [2.24, 2.45) is 11.8 Å². The summed E-state index contributed by atoms with van der Waals surface area (Å²) in [4.78, 5) is 49.3. The highest BCUT2D eigenvalue weighted by Gasteiger charge is 2.28. The summed E-state index contributed by atoms with van der Waals surface area (Å²) in [6.45, 7) is 1.94. The number of hydrogen-bond donors (Lipinski definition) is 3. The Balaban J connectivity index is 1.28. The molecule has 4 rings (SSSR count). The van der Waals surface area contributed by atoms with Gasteiger partial charge in [0.15, 0.2) is 0 Å². The van der Waals surface area contributed by atoms with Crippen LogP contribution < -0.4 is 10.1 Å². The van der Waals surface area contributed by atoms with Gasteiger partial charge in [0.1, 0.15) is 5.75 Å². The lowest BCUT2D eigenvalue weighted by atomic mass is 9.77. The van der Waals surface area contributed by atoms with Crippen molar-refractivity contribution in [1.29, 1.82) is 0 Å². The van der Waals surface area contributed by atoms with Crippen LogP contribution in [0.25, 0.3) is 0 Å². The van der Waals surface area contributed by atoms with Gasteiger partial charge in [-0.25, -0.2) is 4.79 Å². The number of carboxylic acid groups (broad SMARTS) is 2. The molecule has 0 bridgehead atoms. The van der Waals surface area contributed by atoms with Crippen molar-refractivity contribution in [3.05, 3.63) is 59.7 Å². The van der Waals surface area contributed by atoms with Crippen LogP contribution in [0.15, 0.2) is 48.5 Å². The number of anilines is 1. The molecule has 2 saturated carbocycles. The molecule has 2 aromatic carbocycles. The molecule has 0 atom stereocenters. The number of carbonyl (C=O) groups excluding carboxylic acids is 2. The number of urea groups is 1. The predicted octanol–water partition coefficient (Wildman–Crippen LogP) is 6.15. The molecule has 2 aliphatic carbocycles. The fraction of sp³-hybridized carbons (Fsp3) is 0.484. The third-order valence-corrected chi connectivity index (χ3v) is 8.18. The van der Waals surface area contributed by atoms with E-state index in [1.165, 1.54) is 5.56 Å². The molecule has 0 aliphatic heterocycles. The second kappa shape index (κ2) is 13.5. The maximum absolute atomic E-state index is 13.1. The predicted molar refractivity (Wildman–Crippen MR) is 150 cm³/mol. The van der Waals surface area contributed by atoms with Crippen LogP contribution in [0, 0.1) is 11.8 Å². The number of amides is 3. The normalized spacial score (nSPS) is 22.6. The number of aliphatic carboxylic acids is 2. The number of rotatable bonds is 9. The summed E-state index contributed by atoms with van der Waals surface area (Å²) >= 11 is 0. The van der Waals surface area contributed by atoms with Gasteiger partial charge in [-0.1, -0.05) is 12.1 Å². The van der Waals surface area contributed by atoms with Gasteiger partial charge in [-0.15, -0.1) is 0 Å². The summed E-state index contributed by atoms with van der Waals surface area (Å²) < 4.78 is 5.98. The highest BCUT2D eigenvalue weighted by Crippen LogP contribution is 2.37. The van der Waals surface area contributed by atoms with Crippen molar-refractivity contribution in [1.82, 2.24) is 4.90 Å². The minimum absolute atomic E-state index is 0.0478. The summed E-state index contributed by atoms with van der Waals surface area (Å²) in [6.07, 6.45) is 6.45. The SMILES string of the molecule is CCN(C(=O)Nc1ccc(C2CCC(CC(=O)O)CC2)cc1)C(=O)c1ccc(OC2CCC(C(=O)O)CC2)cc1. The van der Waals surface area contributed by atoms with Crippen molar-refractivity contribution in [2.45, 2.75) is 76.7 Å². The molecule has 2 fully saturated rings. The number of carbonyl (C=O) groups is 4.